The van der Waals surface area contributed by atoms with Gasteiger partial charge < -0.3 is 4.90 Å². The lowest BCUT2D eigenvalue weighted by Gasteiger charge is -2.27. The van der Waals surface area contributed by atoms with Gasteiger partial charge in [0, 0.05) is 33.8 Å². The highest BCUT2D eigenvalue weighted by Crippen LogP contribution is 2.49. The van der Waals surface area contributed by atoms with E-state index in [0.29, 0.717) is 5.03 Å². The second-order valence-corrected chi connectivity index (χ2v) is 16.5. The van der Waals surface area contributed by atoms with Crippen LogP contribution >= 0.6 is 11.6 Å². The lowest BCUT2D eigenvalue weighted by molar-refractivity contribution is 0.480. The molecule has 2 aliphatic carbocycles. The Kier molecular flexibility index (Phi) is 9.16. The molecular formula is C35H40ClNO6S2. The summed E-state index contributed by atoms with van der Waals surface area (Å²) in [4.78, 5) is 1.96. The number of hydrogen-bond acceptors (Lipinski definition) is 5. The van der Waals surface area contributed by atoms with Crippen LogP contribution in [-0.4, -0.2) is 44.0 Å². The fourth-order valence-electron chi connectivity index (χ4n) is 6.93. The summed E-state index contributed by atoms with van der Waals surface area (Å²) in [7, 11) is -8.27. The van der Waals surface area contributed by atoms with Crippen LogP contribution in [0.2, 0.25) is 0 Å². The molecule has 0 atom stereocenters. The molecule has 0 unspecified atom stereocenters. The van der Waals surface area contributed by atoms with Crippen molar-refractivity contribution in [3.05, 3.63) is 117 Å². The molecule has 0 aromatic heterocycles. The molecule has 0 saturated heterocycles. The van der Waals surface area contributed by atoms with Gasteiger partial charge in [-0.15, -0.1) is 0 Å². The number of para-hydroxylation sites is 1. The molecule has 10 heteroatoms. The molecule has 3 aliphatic rings. The van der Waals surface area contributed by atoms with Gasteiger partial charge in [0.2, 0.25) is 0 Å². The first-order valence-electron chi connectivity index (χ1n) is 15.1. The van der Waals surface area contributed by atoms with Gasteiger partial charge in [-0.1, -0.05) is 100.0 Å². The van der Waals surface area contributed by atoms with E-state index in [2.05, 4.69) is 33.8 Å². The lowest BCUT2D eigenvalue weighted by atomic mass is 9.80. The number of anilines is 1. The molecule has 0 spiro atoms. The number of nitrogens with zero attached hydrogens (tertiary/aromatic N) is 1. The van der Waals surface area contributed by atoms with Crippen molar-refractivity contribution >= 4 is 43.1 Å². The molecule has 1 heterocycles. The predicted molar refractivity (Wildman–Crippen MR) is 183 cm³/mol. The minimum atomic E-state index is -4.15. The maximum absolute atomic E-state index is 11.7. The summed E-state index contributed by atoms with van der Waals surface area (Å²) in [6.45, 7) is 8.57. The fourth-order valence-corrected chi connectivity index (χ4v) is 8.12. The third kappa shape index (κ3) is 6.93. The van der Waals surface area contributed by atoms with E-state index in [1.165, 1.54) is 0 Å². The van der Waals surface area contributed by atoms with E-state index in [1.807, 2.05) is 71.7 Å². The Labute approximate surface area is 272 Å². The molecule has 2 N–H and O–H groups in total. The Morgan fingerprint density at radius 1 is 0.822 bits per heavy atom. The summed E-state index contributed by atoms with van der Waals surface area (Å²) in [6, 6.07) is 15.9. The maximum Gasteiger partial charge on any atom is 0.266 e. The zero-order valence-corrected chi connectivity index (χ0v) is 28.4. The van der Waals surface area contributed by atoms with Crippen molar-refractivity contribution in [2.45, 2.75) is 64.2 Å². The van der Waals surface area contributed by atoms with Gasteiger partial charge in [0.25, 0.3) is 20.2 Å². The minimum absolute atomic E-state index is 0.124. The third-order valence-electron chi connectivity index (χ3n) is 9.26. The van der Waals surface area contributed by atoms with Crippen molar-refractivity contribution in [1.82, 2.24) is 0 Å². The van der Waals surface area contributed by atoms with E-state index in [4.69, 9.17) is 11.6 Å². The molecular weight excluding hydrogens is 630 g/mol. The normalized spacial score (nSPS) is 21.4. The summed E-state index contributed by atoms with van der Waals surface area (Å²) in [5, 5.41) is 0.667. The highest BCUT2D eigenvalue weighted by molar-refractivity contribution is 7.86. The highest BCUT2D eigenvalue weighted by atomic mass is 35.5. The SMILES string of the molecule is CC1(C)C(/C=C/C2=C(Cl)C(=C/C=C3/N(CCS(=O)(=O)O)c4ccccc4C3(C)C)/CCC2)=C(CCS(=O)(=O)O)c2ccccc21. The van der Waals surface area contributed by atoms with Crippen LogP contribution in [0.15, 0.2) is 100 Å². The zero-order valence-electron chi connectivity index (χ0n) is 26.0. The Morgan fingerprint density at radius 2 is 1.47 bits per heavy atom. The van der Waals surface area contributed by atoms with Gasteiger partial charge in [0.1, 0.15) is 0 Å². The van der Waals surface area contributed by atoms with Crippen molar-refractivity contribution in [1.29, 1.82) is 0 Å². The summed E-state index contributed by atoms with van der Waals surface area (Å²) in [6.07, 6.45) is 10.8. The van der Waals surface area contributed by atoms with Crippen molar-refractivity contribution in [3.8, 4) is 0 Å². The minimum Gasteiger partial charge on any atom is -0.343 e. The van der Waals surface area contributed by atoms with Crippen molar-refractivity contribution in [2.75, 3.05) is 23.0 Å². The second-order valence-electron chi connectivity index (χ2n) is 12.9. The molecule has 2 aromatic carbocycles. The summed E-state index contributed by atoms with van der Waals surface area (Å²) in [5.41, 5.74) is 8.16. The Morgan fingerprint density at radius 3 is 2.16 bits per heavy atom. The monoisotopic (exact) mass is 669 g/mol. The Hall–Kier alpha value is -2.95. The van der Waals surface area contributed by atoms with Crippen molar-refractivity contribution < 1.29 is 25.9 Å². The number of fused-ring (bicyclic) bond motifs is 2. The first-order chi connectivity index (χ1) is 21.0. The van der Waals surface area contributed by atoms with Crippen LogP contribution < -0.4 is 4.90 Å². The molecule has 0 amide bonds. The molecule has 0 fully saturated rings. The molecule has 5 rings (SSSR count). The van der Waals surface area contributed by atoms with Crippen LogP contribution in [0.1, 0.15) is 70.1 Å². The summed E-state index contributed by atoms with van der Waals surface area (Å²) >= 11 is 7.03. The largest absolute Gasteiger partial charge is 0.343 e. The van der Waals surface area contributed by atoms with Crippen LogP contribution in [0.25, 0.3) is 5.57 Å². The van der Waals surface area contributed by atoms with Crippen molar-refractivity contribution in [2.24, 2.45) is 0 Å². The zero-order chi connectivity index (χ0) is 32.8. The van der Waals surface area contributed by atoms with Gasteiger partial charge in [-0.25, -0.2) is 0 Å². The van der Waals surface area contributed by atoms with Gasteiger partial charge in [0.15, 0.2) is 0 Å². The average molecular weight is 670 g/mol. The Balaban J connectivity index is 1.50. The lowest BCUT2D eigenvalue weighted by Crippen LogP contribution is -2.30. The van der Waals surface area contributed by atoms with Crippen LogP contribution in [0.4, 0.5) is 5.69 Å². The highest BCUT2D eigenvalue weighted by Gasteiger charge is 2.40. The van der Waals surface area contributed by atoms with Crippen LogP contribution in [0, 0.1) is 0 Å². The van der Waals surface area contributed by atoms with E-state index < -0.39 is 25.7 Å². The number of benzene rings is 2. The van der Waals surface area contributed by atoms with Crippen LogP contribution in [-0.2, 0) is 31.1 Å². The summed E-state index contributed by atoms with van der Waals surface area (Å²) in [5.74, 6) is -0.736. The van der Waals surface area contributed by atoms with Gasteiger partial charge in [-0.05, 0) is 76.8 Å². The quantitative estimate of drug-likeness (QED) is 0.263. The van der Waals surface area contributed by atoms with E-state index >= 15 is 0 Å². The first-order valence-corrected chi connectivity index (χ1v) is 18.7. The van der Waals surface area contributed by atoms with Gasteiger partial charge in [-0.2, -0.15) is 16.8 Å². The van der Waals surface area contributed by atoms with Crippen LogP contribution in [0.5, 0.6) is 0 Å². The molecule has 0 saturated carbocycles. The van der Waals surface area contributed by atoms with E-state index in [9.17, 15) is 25.9 Å². The topological polar surface area (TPSA) is 112 Å². The molecule has 240 valence electrons. The second kappa shape index (κ2) is 12.3. The van der Waals surface area contributed by atoms with Gasteiger partial charge in [0.05, 0.1) is 11.5 Å². The molecule has 7 nitrogen and oxygen atoms in total. The number of halogens is 1. The first kappa shape index (κ1) is 33.4. The summed E-state index contributed by atoms with van der Waals surface area (Å²) < 4.78 is 65.6. The molecule has 0 bridgehead atoms. The number of allylic oxidation sites excluding steroid dienone is 10. The van der Waals surface area contributed by atoms with E-state index in [-0.39, 0.29) is 29.9 Å². The average Bonchev–Trinajstić information content (AvgIpc) is 3.31. The third-order valence-corrected chi connectivity index (χ3v) is 11.2. The van der Waals surface area contributed by atoms with Crippen LogP contribution in [0.3, 0.4) is 0 Å². The fraction of sp³-hybridized carbons (Fsp3) is 0.371. The number of rotatable bonds is 9. The molecule has 0 radical (unpaired) electrons. The van der Waals surface area contributed by atoms with Crippen molar-refractivity contribution in [3.63, 3.8) is 0 Å². The van der Waals surface area contributed by atoms with E-state index in [1.54, 1.807) is 0 Å². The standard InChI is InChI=1S/C35H40ClNO6S2/c1-34(2)28-13-6-5-12-26(28)27(20-22-44(38,39)40)29(34)18-16-24-10-9-11-25(33(24)36)17-19-32-35(3,4)30-14-7-8-15-31(30)37(32)21-23-45(41,42)43/h5-8,12-19H,9-11,20-23H2,1-4H3,(H,38,39,40)(H,41,42,43)/b18-16+,25-17+,32-19+. The number of hydrogen-bond donors (Lipinski definition) is 2. The maximum atomic E-state index is 11.7. The Bertz CT molecular complexity index is 1900. The predicted octanol–water partition coefficient (Wildman–Crippen LogP) is 7.74. The van der Waals surface area contributed by atoms with Gasteiger partial charge in [-0.3, -0.25) is 9.11 Å². The molecule has 2 aromatic rings. The molecule has 45 heavy (non-hydrogen) atoms. The smallest absolute Gasteiger partial charge is 0.266 e. The van der Waals surface area contributed by atoms with Gasteiger partial charge >= 0.3 is 0 Å². The molecule has 1 aliphatic heterocycles. The van der Waals surface area contributed by atoms with E-state index in [0.717, 1.165) is 69.6 Å².